The van der Waals surface area contributed by atoms with Crippen LogP contribution in [0, 0.1) is 6.92 Å². The Balaban J connectivity index is 2.08. The monoisotopic (exact) mass is 249 g/mol. The topological polar surface area (TPSA) is 50.9 Å². The van der Waals surface area contributed by atoms with Crippen LogP contribution in [-0.2, 0) is 0 Å². The van der Waals surface area contributed by atoms with E-state index in [0.717, 1.165) is 22.3 Å². The van der Waals surface area contributed by atoms with Gasteiger partial charge in [0.05, 0.1) is 11.2 Å². The highest BCUT2D eigenvalue weighted by atomic mass is 14.9. The maximum atomic E-state index is 5.95. The summed E-state index contributed by atoms with van der Waals surface area (Å²) < 4.78 is 0. The predicted octanol–water partition coefficient (Wildman–Crippen LogP) is 3.87. The molecule has 3 heteroatoms. The normalized spacial score (nSPS) is 10.6. The van der Waals surface area contributed by atoms with Crippen LogP contribution in [0.3, 0.4) is 0 Å². The minimum absolute atomic E-state index is 0.699. The van der Waals surface area contributed by atoms with E-state index in [1.165, 1.54) is 5.56 Å². The number of nitrogen functional groups attached to an aromatic ring is 1. The summed E-state index contributed by atoms with van der Waals surface area (Å²) in [6.45, 7) is 2.08. The molecule has 3 rings (SSSR count). The lowest BCUT2D eigenvalue weighted by atomic mass is 10.1. The van der Waals surface area contributed by atoms with Crippen LogP contribution >= 0.6 is 0 Å². The first-order valence-corrected chi connectivity index (χ1v) is 6.21. The third kappa shape index (κ3) is 2.22. The SMILES string of the molecule is Cc1cccc(Nc2ccnc3c(N)cccc23)c1. The Bertz CT molecular complexity index is 735. The molecule has 0 saturated carbocycles. The molecule has 3 nitrogen and oxygen atoms in total. The van der Waals surface area contributed by atoms with E-state index in [4.69, 9.17) is 5.73 Å². The number of para-hydroxylation sites is 1. The zero-order valence-corrected chi connectivity index (χ0v) is 10.7. The number of aryl methyl sites for hydroxylation is 1. The Morgan fingerprint density at radius 3 is 2.74 bits per heavy atom. The molecule has 0 unspecified atom stereocenters. The molecule has 0 aliphatic rings. The summed E-state index contributed by atoms with van der Waals surface area (Å²) in [4.78, 5) is 4.34. The minimum Gasteiger partial charge on any atom is -0.397 e. The predicted molar refractivity (Wildman–Crippen MR) is 80.6 cm³/mol. The fraction of sp³-hybridized carbons (Fsp3) is 0.0625. The number of rotatable bonds is 2. The Morgan fingerprint density at radius 1 is 1.05 bits per heavy atom. The Morgan fingerprint density at radius 2 is 1.89 bits per heavy atom. The molecular weight excluding hydrogens is 234 g/mol. The van der Waals surface area contributed by atoms with Gasteiger partial charge in [-0.3, -0.25) is 4.98 Å². The van der Waals surface area contributed by atoms with Crippen molar-refractivity contribution in [2.24, 2.45) is 0 Å². The summed E-state index contributed by atoms with van der Waals surface area (Å²) in [6, 6.07) is 16.1. The Kier molecular flexibility index (Phi) is 2.80. The molecule has 1 aromatic heterocycles. The van der Waals surface area contributed by atoms with Gasteiger partial charge in [-0.05, 0) is 36.8 Å². The quantitative estimate of drug-likeness (QED) is 0.678. The van der Waals surface area contributed by atoms with Crippen LogP contribution in [0.1, 0.15) is 5.56 Å². The maximum Gasteiger partial charge on any atom is 0.0951 e. The van der Waals surface area contributed by atoms with Crippen LogP contribution in [0.15, 0.2) is 54.7 Å². The van der Waals surface area contributed by atoms with Crippen molar-refractivity contribution in [3.63, 3.8) is 0 Å². The number of fused-ring (bicyclic) bond motifs is 1. The van der Waals surface area contributed by atoms with E-state index in [-0.39, 0.29) is 0 Å². The second kappa shape index (κ2) is 4.61. The van der Waals surface area contributed by atoms with Crippen molar-refractivity contribution in [3.8, 4) is 0 Å². The first-order valence-electron chi connectivity index (χ1n) is 6.21. The zero-order chi connectivity index (χ0) is 13.2. The van der Waals surface area contributed by atoms with Crippen LogP contribution in [-0.4, -0.2) is 4.98 Å². The molecule has 0 fully saturated rings. The van der Waals surface area contributed by atoms with E-state index >= 15 is 0 Å². The highest BCUT2D eigenvalue weighted by Crippen LogP contribution is 2.28. The summed E-state index contributed by atoms with van der Waals surface area (Å²) in [6.07, 6.45) is 1.77. The van der Waals surface area contributed by atoms with E-state index in [2.05, 4.69) is 29.4 Å². The van der Waals surface area contributed by atoms with Crippen LogP contribution in [0.25, 0.3) is 10.9 Å². The standard InChI is InChI=1S/C16H15N3/c1-11-4-2-5-12(10-11)19-15-8-9-18-16-13(15)6-3-7-14(16)17/h2-10H,17H2,1H3,(H,18,19). The number of aromatic nitrogens is 1. The third-order valence-corrected chi connectivity index (χ3v) is 3.10. The summed E-state index contributed by atoms with van der Waals surface area (Å²) in [5.74, 6) is 0. The van der Waals surface area contributed by atoms with Crippen molar-refractivity contribution in [2.75, 3.05) is 11.1 Å². The molecule has 0 amide bonds. The van der Waals surface area contributed by atoms with E-state index in [0.29, 0.717) is 5.69 Å². The van der Waals surface area contributed by atoms with Gasteiger partial charge < -0.3 is 11.1 Å². The van der Waals surface area contributed by atoms with Crippen LogP contribution in [0.4, 0.5) is 17.1 Å². The van der Waals surface area contributed by atoms with Crippen LogP contribution < -0.4 is 11.1 Å². The van der Waals surface area contributed by atoms with Crippen molar-refractivity contribution in [2.45, 2.75) is 6.92 Å². The third-order valence-electron chi connectivity index (χ3n) is 3.10. The van der Waals surface area contributed by atoms with Crippen molar-refractivity contribution in [1.82, 2.24) is 4.98 Å². The second-order valence-electron chi connectivity index (χ2n) is 4.60. The first-order chi connectivity index (χ1) is 9.24. The van der Waals surface area contributed by atoms with Gasteiger partial charge in [0.2, 0.25) is 0 Å². The second-order valence-corrected chi connectivity index (χ2v) is 4.60. The Hall–Kier alpha value is -2.55. The van der Waals surface area contributed by atoms with Crippen molar-refractivity contribution in [1.29, 1.82) is 0 Å². The molecule has 0 atom stereocenters. The van der Waals surface area contributed by atoms with E-state index in [1.807, 2.05) is 36.4 Å². The molecule has 2 aromatic carbocycles. The number of hydrogen-bond donors (Lipinski definition) is 2. The summed E-state index contributed by atoms with van der Waals surface area (Å²) in [5.41, 5.74) is 10.8. The number of nitrogens with zero attached hydrogens (tertiary/aromatic N) is 1. The van der Waals surface area contributed by atoms with E-state index < -0.39 is 0 Å². The number of nitrogens with one attached hydrogen (secondary N) is 1. The first kappa shape index (κ1) is 11.5. The Labute approximate surface area is 112 Å². The van der Waals surface area contributed by atoms with Gasteiger partial charge in [0, 0.05) is 23.0 Å². The molecule has 0 radical (unpaired) electrons. The molecule has 0 bridgehead atoms. The summed E-state index contributed by atoms with van der Waals surface area (Å²) in [7, 11) is 0. The number of anilines is 3. The average Bonchev–Trinajstić information content (AvgIpc) is 2.40. The fourth-order valence-corrected chi connectivity index (χ4v) is 2.19. The van der Waals surface area contributed by atoms with Gasteiger partial charge in [-0.2, -0.15) is 0 Å². The minimum atomic E-state index is 0.699. The number of nitrogens with two attached hydrogens (primary N) is 1. The van der Waals surface area contributed by atoms with Crippen molar-refractivity contribution >= 4 is 28.0 Å². The molecule has 3 aromatic rings. The van der Waals surface area contributed by atoms with Gasteiger partial charge in [-0.1, -0.05) is 24.3 Å². The molecule has 3 N–H and O–H groups in total. The van der Waals surface area contributed by atoms with Gasteiger partial charge >= 0.3 is 0 Å². The lowest BCUT2D eigenvalue weighted by molar-refractivity contribution is 1.40. The van der Waals surface area contributed by atoms with E-state index in [1.54, 1.807) is 6.20 Å². The maximum absolute atomic E-state index is 5.95. The molecule has 0 spiro atoms. The molecular formula is C16H15N3. The van der Waals surface area contributed by atoms with Crippen LogP contribution in [0.2, 0.25) is 0 Å². The van der Waals surface area contributed by atoms with Gasteiger partial charge in [0.15, 0.2) is 0 Å². The van der Waals surface area contributed by atoms with Gasteiger partial charge in [0.1, 0.15) is 0 Å². The lowest BCUT2D eigenvalue weighted by Crippen LogP contribution is -1.95. The molecule has 0 saturated heterocycles. The van der Waals surface area contributed by atoms with Crippen molar-refractivity contribution in [3.05, 3.63) is 60.3 Å². The van der Waals surface area contributed by atoms with Gasteiger partial charge in [0.25, 0.3) is 0 Å². The number of hydrogen-bond acceptors (Lipinski definition) is 3. The smallest absolute Gasteiger partial charge is 0.0951 e. The van der Waals surface area contributed by atoms with Gasteiger partial charge in [-0.25, -0.2) is 0 Å². The summed E-state index contributed by atoms with van der Waals surface area (Å²) >= 11 is 0. The van der Waals surface area contributed by atoms with Gasteiger partial charge in [-0.15, -0.1) is 0 Å². The summed E-state index contributed by atoms with van der Waals surface area (Å²) in [5, 5.41) is 4.45. The van der Waals surface area contributed by atoms with E-state index in [9.17, 15) is 0 Å². The molecule has 94 valence electrons. The molecule has 0 aliphatic heterocycles. The fourth-order valence-electron chi connectivity index (χ4n) is 2.19. The highest BCUT2D eigenvalue weighted by Gasteiger charge is 2.04. The molecule has 0 aliphatic carbocycles. The molecule has 19 heavy (non-hydrogen) atoms. The highest BCUT2D eigenvalue weighted by molar-refractivity contribution is 5.98. The zero-order valence-electron chi connectivity index (χ0n) is 10.7. The lowest BCUT2D eigenvalue weighted by Gasteiger charge is -2.10. The molecule has 1 heterocycles. The van der Waals surface area contributed by atoms with Crippen molar-refractivity contribution < 1.29 is 0 Å². The largest absolute Gasteiger partial charge is 0.397 e. The number of benzene rings is 2. The average molecular weight is 249 g/mol. The van der Waals surface area contributed by atoms with Crippen LogP contribution in [0.5, 0.6) is 0 Å². The number of pyridine rings is 1.